The highest BCUT2D eigenvalue weighted by Crippen LogP contribution is 2.12. The minimum atomic E-state index is -0.797. The van der Waals surface area contributed by atoms with Crippen LogP contribution in [0.15, 0.2) is 97.2 Å². The van der Waals surface area contributed by atoms with Gasteiger partial charge in [-0.2, -0.15) is 0 Å². The van der Waals surface area contributed by atoms with Crippen molar-refractivity contribution in [3.8, 4) is 0 Å². The first kappa shape index (κ1) is 55.3. The Morgan fingerprint density at radius 2 is 0.661 bits per heavy atom. The molecule has 6 nitrogen and oxygen atoms in total. The maximum Gasteiger partial charge on any atom is 0.306 e. The SMILES string of the molecule is CC/C=C\C/C=C\C/C=C\C/C=C\C/C=C\CCCCCCCC(=O)OCC(COC(=O)CCCCCCCCC)OC(=O)CCCCC/C=C\C/C=C\C/C=C\CC. The van der Waals surface area contributed by atoms with Crippen molar-refractivity contribution in [3.05, 3.63) is 97.2 Å². The summed E-state index contributed by atoms with van der Waals surface area (Å²) in [5.74, 6) is -0.961. The lowest BCUT2D eigenvalue weighted by Crippen LogP contribution is -2.30. The van der Waals surface area contributed by atoms with Crippen LogP contribution < -0.4 is 0 Å². The Bertz CT molecular complexity index is 1220. The van der Waals surface area contributed by atoms with Gasteiger partial charge in [-0.15, -0.1) is 0 Å². The van der Waals surface area contributed by atoms with Crippen molar-refractivity contribution in [2.24, 2.45) is 0 Å². The molecule has 0 fully saturated rings. The molecular formula is C53H86O6. The number of allylic oxidation sites excluding steroid dienone is 16. The van der Waals surface area contributed by atoms with Gasteiger partial charge in [-0.3, -0.25) is 14.4 Å². The number of carbonyl (C=O) groups is 3. The van der Waals surface area contributed by atoms with Crippen LogP contribution in [-0.2, 0) is 28.6 Å². The highest BCUT2D eigenvalue weighted by molar-refractivity contribution is 5.71. The van der Waals surface area contributed by atoms with Crippen molar-refractivity contribution in [2.45, 2.75) is 207 Å². The van der Waals surface area contributed by atoms with Crippen LogP contribution in [0.25, 0.3) is 0 Å². The third-order valence-electron chi connectivity index (χ3n) is 9.58. The Labute approximate surface area is 362 Å². The zero-order valence-electron chi connectivity index (χ0n) is 38.0. The summed E-state index contributed by atoms with van der Waals surface area (Å²) in [7, 11) is 0. The van der Waals surface area contributed by atoms with Gasteiger partial charge in [0.15, 0.2) is 6.10 Å². The third kappa shape index (κ3) is 45.3. The third-order valence-corrected chi connectivity index (χ3v) is 9.58. The number of hydrogen-bond acceptors (Lipinski definition) is 6. The number of ether oxygens (including phenoxy) is 3. The van der Waals surface area contributed by atoms with E-state index < -0.39 is 6.10 Å². The van der Waals surface area contributed by atoms with E-state index in [-0.39, 0.29) is 37.5 Å². The molecule has 0 aromatic heterocycles. The monoisotopic (exact) mass is 819 g/mol. The average molecular weight is 819 g/mol. The van der Waals surface area contributed by atoms with Crippen LogP contribution >= 0.6 is 0 Å². The molecule has 0 bridgehead atoms. The molecule has 59 heavy (non-hydrogen) atoms. The molecule has 0 aromatic rings. The molecule has 0 aromatic carbocycles. The predicted octanol–water partition coefficient (Wildman–Crippen LogP) is 15.4. The summed E-state index contributed by atoms with van der Waals surface area (Å²) < 4.78 is 16.6. The van der Waals surface area contributed by atoms with Gasteiger partial charge < -0.3 is 14.2 Å². The molecule has 0 amide bonds. The molecule has 0 rings (SSSR count). The van der Waals surface area contributed by atoms with Crippen molar-refractivity contribution >= 4 is 17.9 Å². The Kier molecular flexibility index (Phi) is 44.1. The van der Waals surface area contributed by atoms with Gasteiger partial charge in [0.25, 0.3) is 0 Å². The largest absolute Gasteiger partial charge is 0.462 e. The van der Waals surface area contributed by atoms with E-state index in [1.807, 2.05) is 0 Å². The van der Waals surface area contributed by atoms with Crippen molar-refractivity contribution in [3.63, 3.8) is 0 Å². The fourth-order valence-electron chi connectivity index (χ4n) is 6.07. The Morgan fingerprint density at radius 3 is 1.05 bits per heavy atom. The van der Waals surface area contributed by atoms with Crippen LogP contribution in [0.1, 0.15) is 201 Å². The molecule has 0 aliphatic carbocycles. The van der Waals surface area contributed by atoms with Gasteiger partial charge >= 0.3 is 17.9 Å². The number of esters is 3. The van der Waals surface area contributed by atoms with Crippen LogP contribution in [-0.4, -0.2) is 37.2 Å². The fraction of sp³-hybridized carbons (Fsp3) is 0.642. The van der Waals surface area contributed by atoms with Gasteiger partial charge in [-0.05, 0) is 96.3 Å². The van der Waals surface area contributed by atoms with Crippen molar-refractivity contribution in [1.29, 1.82) is 0 Å². The summed E-state index contributed by atoms with van der Waals surface area (Å²) in [5.41, 5.74) is 0. The first-order valence-corrected chi connectivity index (χ1v) is 23.7. The molecule has 0 spiro atoms. The van der Waals surface area contributed by atoms with E-state index >= 15 is 0 Å². The molecular weight excluding hydrogens is 733 g/mol. The molecule has 0 saturated heterocycles. The molecule has 6 heteroatoms. The van der Waals surface area contributed by atoms with Gasteiger partial charge in [-0.1, -0.05) is 182 Å². The highest BCUT2D eigenvalue weighted by Gasteiger charge is 2.19. The fourth-order valence-corrected chi connectivity index (χ4v) is 6.07. The molecule has 0 N–H and O–H groups in total. The van der Waals surface area contributed by atoms with E-state index in [2.05, 4.69) is 118 Å². The van der Waals surface area contributed by atoms with Gasteiger partial charge in [0.2, 0.25) is 0 Å². The maximum absolute atomic E-state index is 12.7. The van der Waals surface area contributed by atoms with Crippen LogP contribution in [0, 0.1) is 0 Å². The molecule has 0 saturated carbocycles. The first-order chi connectivity index (χ1) is 29.0. The average Bonchev–Trinajstić information content (AvgIpc) is 3.23. The topological polar surface area (TPSA) is 78.9 Å². The lowest BCUT2D eigenvalue weighted by molar-refractivity contribution is -0.167. The molecule has 0 aliphatic heterocycles. The van der Waals surface area contributed by atoms with Gasteiger partial charge in [0, 0.05) is 19.3 Å². The van der Waals surface area contributed by atoms with Crippen LogP contribution in [0.5, 0.6) is 0 Å². The molecule has 1 unspecified atom stereocenters. The number of hydrogen-bond donors (Lipinski definition) is 0. The van der Waals surface area contributed by atoms with Crippen LogP contribution in [0.4, 0.5) is 0 Å². The lowest BCUT2D eigenvalue weighted by atomic mass is 10.1. The minimum Gasteiger partial charge on any atom is -0.462 e. The van der Waals surface area contributed by atoms with Gasteiger partial charge in [-0.25, -0.2) is 0 Å². The quantitative estimate of drug-likeness (QED) is 0.0265. The summed E-state index contributed by atoms with van der Waals surface area (Å²) in [6, 6.07) is 0. The summed E-state index contributed by atoms with van der Waals surface area (Å²) in [6.45, 7) is 6.30. The summed E-state index contributed by atoms with van der Waals surface area (Å²) in [6.07, 6.45) is 61.2. The summed E-state index contributed by atoms with van der Waals surface area (Å²) in [5, 5.41) is 0. The number of unbranched alkanes of at least 4 members (excludes halogenated alkanes) is 14. The van der Waals surface area contributed by atoms with E-state index in [1.54, 1.807) is 0 Å². The summed E-state index contributed by atoms with van der Waals surface area (Å²) in [4.78, 5) is 37.7. The van der Waals surface area contributed by atoms with Crippen LogP contribution in [0.2, 0.25) is 0 Å². The van der Waals surface area contributed by atoms with E-state index in [0.29, 0.717) is 12.8 Å². The minimum absolute atomic E-state index is 0.0969. The number of carbonyl (C=O) groups excluding carboxylic acids is 3. The van der Waals surface area contributed by atoms with E-state index in [0.717, 1.165) is 135 Å². The lowest BCUT2D eigenvalue weighted by Gasteiger charge is -2.18. The molecule has 0 heterocycles. The second-order valence-electron chi connectivity index (χ2n) is 15.3. The normalized spacial score (nSPS) is 12.9. The van der Waals surface area contributed by atoms with E-state index in [4.69, 9.17) is 14.2 Å². The van der Waals surface area contributed by atoms with E-state index in [9.17, 15) is 14.4 Å². The van der Waals surface area contributed by atoms with Crippen molar-refractivity contribution in [1.82, 2.24) is 0 Å². The van der Waals surface area contributed by atoms with Crippen LogP contribution in [0.3, 0.4) is 0 Å². The first-order valence-electron chi connectivity index (χ1n) is 23.7. The van der Waals surface area contributed by atoms with E-state index in [1.165, 1.54) is 25.7 Å². The molecule has 0 radical (unpaired) electrons. The zero-order chi connectivity index (χ0) is 43.0. The maximum atomic E-state index is 12.7. The predicted molar refractivity (Wildman–Crippen MR) is 251 cm³/mol. The Hall–Kier alpha value is -3.67. The summed E-state index contributed by atoms with van der Waals surface area (Å²) >= 11 is 0. The standard InChI is InChI=1S/C53H86O6/c1-4-7-10-13-16-18-20-22-23-24-25-26-27-28-29-31-32-34-37-40-43-46-52(55)58-49-50(48-57-51(54)45-42-39-36-15-12-9-6-3)59-53(56)47-44-41-38-35-33-30-21-19-17-14-11-8-5-2/h7-8,10-11,16-19,22-23,25-26,28-30,33,50H,4-6,9,12-15,20-21,24,27,31-32,34-49H2,1-3H3/b10-7-,11-8-,18-16-,19-17-,23-22-,26-25-,29-28-,33-30-. The van der Waals surface area contributed by atoms with Crippen molar-refractivity contribution < 1.29 is 28.6 Å². The number of rotatable bonds is 41. The second kappa shape index (κ2) is 47.0. The Morgan fingerprint density at radius 1 is 0.356 bits per heavy atom. The molecule has 0 aliphatic rings. The molecule has 334 valence electrons. The van der Waals surface area contributed by atoms with Crippen molar-refractivity contribution in [2.75, 3.05) is 13.2 Å². The highest BCUT2D eigenvalue weighted by atomic mass is 16.6. The smallest absolute Gasteiger partial charge is 0.306 e. The zero-order valence-corrected chi connectivity index (χ0v) is 38.0. The Balaban J connectivity index is 4.35. The van der Waals surface area contributed by atoms with Gasteiger partial charge in [0.05, 0.1) is 0 Å². The second-order valence-corrected chi connectivity index (χ2v) is 15.3. The molecule has 1 atom stereocenters. The van der Waals surface area contributed by atoms with Gasteiger partial charge in [0.1, 0.15) is 13.2 Å².